The topological polar surface area (TPSA) is 75.6 Å². The molecule has 3 aromatic rings. The molecule has 1 saturated heterocycles. The number of furan rings is 1. The van der Waals surface area contributed by atoms with Gasteiger partial charge in [-0.2, -0.15) is 4.98 Å². The van der Waals surface area contributed by atoms with Crippen molar-refractivity contribution in [2.45, 2.75) is 32.4 Å². The average Bonchev–Trinajstić information content (AvgIpc) is 3.39. The van der Waals surface area contributed by atoms with Crippen molar-refractivity contribution in [3.63, 3.8) is 0 Å². The van der Waals surface area contributed by atoms with E-state index >= 15 is 0 Å². The third kappa shape index (κ3) is 4.31. The number of hydrogen-bond acceptors (Lipinski definition) is 6. The molecule has 1 amide bonds. The van der Waals surface area contributed by atoms with E-state index in [4.69, 9.17) is 8.94 Å². The van der Waals surface area contributed by atoms with Crippen LogP contribution >= 0.6 is 0 Å². The molecule has 0 radical (unpaired) electrons. The zero-order valence-corrected chi connectivity index (χ0v) is 16.0. The molecule has 146 valence electrons. The van der Waals surface area contributed by atoms with Gasteiger partial charge in [0.1, 0.15) is 12.3 Å². The Morgan fingerprint density at radius 3 is 2.68 bits per heavy atom. The summed E-state index contributed by atoms with van der Waals surface area (Å²) in [6.45, 7) is 3.15. The van der Waals surface area contributed by atoms with Gasteiger partial charge in [-0.25, -0.2) is 0 Å². The maximum absolute atomic E-state index is 12.7. The zero-order valence-electron chi connectivity index (χ0n) is 16.0. The van der Waals surface area contributed by atoms with Crippen LogP contribution < -0.4 is 0 Å². The normalized spacial score (nSPS) is 14.9. The SMILES string of the molecule is CN(Cc1nc(-c2ccccc2)no1)C(=O)c1ccc(CN2CCCCC2)o1. The molecule has 28 heavy (non-hydrogen) atoms. The highest BCUT2D eigenvalue weighted by Gasteiger charge is 2.20. The lowest BCUT2D eigenvalue weighted by Gasteiger charge is -2.25. The minimum Gasteiger partial charge on any atom is -0.455 e. The molecule has 0 atom stereocenters. The van der Waals surface area contributed by atoms with E-state index < -0.39 is 0 Å². The highest BCUT2D eigenvalue weighted by atomic mass is 16.5. The first-order valence-corrected chi connectivity index (χ1v) is 9.63. The van der Waals surface area contributed by atoms with Gasteiger partial charge in [-0.3, -0.25) is 9.69 Å². The number of piperidine rings is 1. The van der Waals surface area contributed by atoms with Crippen molar-refractivity contribution in [3.05, 3.63) is 59.9 Å². The quantitative estimate of drug-likeness (QED) is 0.651. The van der Waals surface area contributed by atoms with Gasteiger partial charge in [0, 0.05) is 12.6 Å². The number of rotatable bonds is 6. The van der Waals surface area contributed by atoms with Gasteiger partial charge in [-0.05, 0) is 38.1 Å². The minimum absolute atomic E-state index is 0.204. The van der Waals surface area contributed by atoms with Crippen molar-refractivity contribution in [2.75, 3.05) is 20.1 Å². The van der Waals surface area contributed by atoms with Crippen molar-refractivity contribution in [2.24, 2.45) is 0 Å². The summed E-state index contributed by atoms with van der Waals surface area (Å²) in [5.74, 6) is 1.84. The standard InChI is InChI=1S/C21H24N4O3/c1-24(15-19-22-20(23-28-19)16-8-4-2-5-9-16)21(26)18-11-10-17(27-18)14-25-12-6-3-7-13-25/h2,4-5,8-11H,3,6-7,12-15H2,1H3. The summed E-state index contributed by atoms with van der Waals surface area (Å²) < 4.78 is 11.1. The lowest BCUT2D eigenvalue weighted by molar-refractivity contribution is 0.0733. The second-order valence-corrected chi connectivity index (χ2v) is 7.14. The Bertz CT molecular complexity index is 913. The van der Waals surface area contributed by atoms with Crippen LogP contribution in [0.15, 0.2) is 51.4 Å². The second-order valence-electron chi connectivity index (χ2n) is 7.14. The van der Waals surface area contributed by atoms with Crippen molar-refractivity contribution in [1.29, 1.82) is 0 Å². The summed E-state index contributed by atoms with van der Waals surface area (Å²) in [5, 5.41) is 3.99. The summed E-state index contributed by atoms with van der Waals surface area (Å²) in [6.07, 6.45) is 3.75. The number of aromatic nitrogens is 2. The van der Waals surface area contributed by atoms with Gasteiger partial charge >= 0.3 is 0 Å². The van der Waals surface area contributed by atoms with Crippen LogP contribution in [0.1, 0.15) is 41.5 Å². The minimum atomic E-state index is -0.204. The van der Waals surface area contributed by atoms with Crippen LogP contribution in [0.2, 0.25) is 0 Å². The summed E-state index contributed by atoms with van der Waals surface area (Å²) in [5.41, 5.74) is 0.875. The molecule has 0 aliphatic carbocycles. The molecule has 2 aromatic heterocycles. The summed E-state index contributed by atoms with van der Waals surface area (Å²) >= 11 is 0. The molecule has 0 bridgehead atoms. The molecular weight excluding hydrogens is 356 g/mol. The molecule has 0 saturated carbocycles. The van der Waals surface area contributed by atoms with Gasteiger partial charge in [0.15, 0.2) is 5.76 Å². The maximum atomic E-state index is 12.7. The lowest BCUT2D eigenvalue weighted by Crippen LogP contribution is -2.29. The number of carbonyl (C=O) groups is 1. The van der Waals surface area contributed by atoms with E-state index in [1.165, 1.54) is 24.2 Å². The Labute approximate surface area is 163 Å². The molecule has 7 heteroatoms. The Morgan fingerprint density at radius 2 is 1.89 bits per heavy atom. The number of carbonyl (C=O) groups excluding carboxylic acids is 1. The van der Waals surface area contributed by atoms with Crippen molar-refractivity contribution < 1.29 is 13.7 Å². The first-order chi connectivity index (χ1) is 13.7. The van der Waals surface area contributed by atoms with Crippen LogP contribution in [-0.2, 0) is 13.1 Å². The number of benzene rings is 1. The van der Waals surface area contributed by atoms with Crippen LogP contribution in [0.25, 0.3) is 11.4 Å². The van der Waals surface area contributed by atoms with E-state index in [0.29, 0.717) is 17.5 Å². The van der Waals surface area contributed by atoms with E-state index in [0.717, 1.165) is 31.0 Å². The fourth-order valence-corrected chi connectivity index (χ4v) is 3.40. The average molecular weight is 380 g/mol. The number of amides is 1. The summed E-state index contributed by atoms with van der Waals surface area (Å²) in [6, 6.07) is 13.2. The Morgan fingerprint density at radius 1 is 1.11 bits per heavy atom. The van der Waals surface area contributed by atoms with Crippen LogP contribution in [0, 0.1) is 0 Å². The van der Waals surface area contributed by atoms with Gasteiger partial charge in [0.2, 0.25) is 11.7 Å². The molecule has 7 nitrogen and oxygen atoms in total. The van der Waals surface area contributed by atoms with Gasteiger partial charge in [0.05, 0.1) is 6.54 Å². The second kappa shape index (κ2) is 8.39. The van der Waals surface area contributed by atoms with Gasteiger partial charge in [-0.15, -0.1) is 0 Å². The van der Waals surface area contributed by atoms with Crippen LogP contribution in [0.5, 0.6) is 0 Å². The van der Waals surface area contributed by atoms with Gasteiger partial charge in [-0.1, -0.05) is 41.9 Å². The molecule has 0 spiro atoms. The largest absolute Gasteiger partial charge is 0.455 e. The zero-order chi connectivity index (χ0) is 19.3. The van der Waals surface area contributed by atoms with E-state index in [-0.39, 0.29) is 12.5 Å². The summed E-state index contributed by atoms with van der Waals surface area (Å²) in [7, 11) is 1.70. The number of nitrogens with zero attached hydrogens (tertiary/aromatic N) is 4. The van der Waals surface area contributed by atoms with Crippen LogP contribution in [-0.4, -0.2) is 46.0 Å². The molecule has 4 rings (SSSR count). The first-order valence-electron chi connectivity index (χ1n) is 9.63. The van der Waals surface area contributed by atoms with Gasteiger partial charge < -0.3 is 13.8 Å². The third-order valence-electron chi connectivity index (χ3n) is 4.92. The molecule has 0 N–H and O–H groups in total. The Kier molecular flexibility index (Phi) is 5.53. The van der Waals surface area contributed by atoms with Crippen LogP contribution in [0.4, 0.5) is 0 Å². The fraction of sp³-hybridized carbons (Fsp3) is 0.381. The third-order valence-corrected chi connectivity index (χ3v) is 4.92. The molecule has 1 fully saturated rings. The molecule has 1 aromatic carbocycles. The molecule has 1 aliphatic heterocycles. The van der Waals surface area contributed by atoms with E-state index in [2.05, 4.69) is 15.0 Å². The Balaban J connectivity index is 1.36. The molecule has 1 aliphatic rings. The Hall–Kier alpha value is -2.93. The molecule has 3 heterocycles. The van der Waals surface area contributed by atoms with Crippen LogP contribution in [0.3, 0.4) is 0 Å². The first kappa shape index (κ1) is 18.4. The van der Waals surface area contributed by atoms with E-state index in [9.17, 15) is 4.79 Å². The smallest absolute Gasteiger partial charge is 0.289 e. The molecular formula is C21H24N4O3. The highest BCUT2D eigenvalue weighted by Crippen LogP contribution is 2.18. The monoisotopic (exact) mass is 380 g/mol. The van der Waals surface area contributed by atoms with E-state index in [1.807, 2.05) is 36.4 Å². The van der Waals surface area contributed by atoms with Crippen molar-refractivity contribution in [3.8, 4) is 11.4 Å². The number of likely N-dealkylation sites (tertiary alicyclic amines) is 1. The summed E-state index contributed by atoms with van der Waals surface area (Å²) in [4.78, 5) is 20.9. The van der Waals surface area contributed by atoms with Gasteiger partial charge in [0.25, 0.3) is 5.91 Å². The molecule has 0 unspecified atom stereocenters. The predicted molar refractivity (Wildman–Crippen MR) is 103 cm³/mol. The highest BCUT2D eigenvalue weighted by molar-refractivity contribution is 5.91. The fourth-order valence-electron chi connectivity index (χ4n) is 3.40. The lowest BCUT2D eigenvalue weighted by atomic mass is 10.1. The number of hydrogen-bond donors (Lipinski definition) is 0. The maximum Gasteiger partial charge on any atom is 0.289 e. The van der Waals surface area contributed by atoms with Crippen molar-refractivity contribution >= 4 is 5.91 Å². The van der Waals surface area contributed by atoms with Crippen molar-refractivity contribution in [1.82, 2.24) is 19.9 Å². The predicted octanol–water partition coefficient (Wildman–Crippen LogP) is 3.59. The van der Waals surface area contributed by atoms with E-state index in [1.54, 1.807) is 13.1 Å².